The molecule has 30 heavy (non-hydrogen) atoms. The molecule has 1 aliphatic carbocycles. The molecule has 1 saturated carbocycles. The van der Waals surface area contributed by atoms with Gasteiger partial charge in [0.1, 0.15) is 17.1 Å². The zero-order valence-electron chi connectivity index (χ0n) is 16.1. The number of aromatic hydroxyl groups is 1. The van der Waals surface area contributed by atoms with Crippen molar-refractivity contribution >= 4 is 22.7 Å². The van der Waals surface area contributed by atoms with Crippen molar-refractivity contribution in [3.8, 4) is 17.1 Å². The normalized spacial score (nSPS) is 13.8. The summed E-state index contributed by atoms with van der Waals surface area (Å²) in [6.07, 6.45) is 2.01. The maximum atomic E-state index is 14.3. The van der Waals surface area contributed by atoms with Crippen molar-refractivity contribution in [2.45, 2.75) is 36.7 Å². The Kier molecular flexibility index (Phi) is 4.58. The van der Waals surface area contributed by atoms with Gasteiger partial charge in [0.05, 0.1) is 5.56 Å². The van der Waals surface area contributed by atoms with Crippen LogP contribution in [0.4, 0.5) is 4.39 Å². The molecule has 0 radical (unpaired) electrons. The van der Waals surface area contributed by atoms with E-state index in [2.05, 4.69) is 10.2 Å². The van der Waals surface area contributed by atoms with Gasteiger partial charge in [0.15, 0.2) is 11.0 Å². The Balaban J connectivity index is 1.52. The van der Waals surface area contributed by atoms with Gasteiger partial charge in [-0.3, -0.25) is 4.57 Å². The van der Waals surface area contributed by atoms with Crippen LogP contribution in [0.15, 0.2) is 56.8 Å². The van der Waals surface area contributed by atoms with E-state index in [1.54, 1.807) is 37.3 Å². The van der Waals surface area contributed by atoms with Gasteiger partial charge < -0.3 is 9.52 Å². The molecule has 6 nitrogen and oxygen atoms in total. The van der Waals surface area contributed by atoms with E-state index in [-0.39, 0.29) is 17.6 Å². The summed E-state index contributed by atoms with van der Waals surface area (Å²) >= 11 is 1.45. The lowest BCUT2D eigenvalue weighted by atomic mass is 10.1. The van der Waals surface area contributed by atoms with Gasteiger partial charge in [-0.1, -0.05) is 23.9 Å². The van der Waals surface area contributed by atoms with Crippen LogP contribution in [0.2, 0.25) is 0 Å². The predicted octanol–water partition coefficient (Wildman–Crippen LogP) is 4.83. The van der Waals surface area contributed by atoms with Crippen molar-refractivity contribution in [1.29, 1.82) is 0 Å². The second-order valence-electron chi connectivity index (χ2n) is 7.35. The number of aryl methyl sites for hydroxylation is 1. The number of benzene rings is 2. The van der Waals surface area contributed by atoms with Crippen LogP contribution in [0.5, 0.6) is 5.75 Å². The lowest BCUT2D eigenvalue weighted by Gasteiger charge is -2.10. The second kappa shape index (κ2) is 7.28. The standard InChI is InChI=1S/C22H18FN3O3S/c1-12-18(27)9-8-15-13(10-19(28)29-20(12)15)11-30-22-25-24-21(26(22)14-6-7-14)16-4-2-3-5-17(16)23/h2-5,8-10,14,27H,6-7,11H2,1H3. The molecular formula is C22H18FN3O3S. The largest absolute Gasteiger partial charge is 0.508 e. The topological polar surface area (TPSA) is 81.2 Å². The Morgan fingerprint density at radius 1 is 1.23 bits per heavy atom. The fourth-order valence-electron chi connectivity index (χ4n) is 3.54. The van der Waals surface area contributed by atoms with Crippen molar-refractivity contribution in [2.75, 3.05) is 0 Å². The van der Waals surface area contributed by atoms with Gasteiger partial charge in [0, 0.05) is 28.8 Å². The summed E-state index contributed by atoms with van der Waals surface area (Å²) in [5.74, 6) is 0.745. The molecule has 2 heterocycles. The minimum atomic E-state index is -0.470. The summed E-state index contributed by atoms with van der Waals surface area (Å²) < 4.78 is 21.6. The molecule has 0 spiro atoms. The number of hydrogen-bond donors (Lipinski definition) is 1. The lowest BCUT2D eigenvalue weighted by Crippen LogP contribution is -2.03. The highest BCUT2D eigenvalue weighted by atomic mass is 32.2. The molecule has 0 bridgehead atoms. The molecule has 0 aliphatic heterocycles. The molecule has 4 aromatic rings. The highest BCUT2D eigenvalue weighted by molar-refractivity contribution is 7.98. The Morgan fingerprint density at radius 2 is 2.03 bits per heavy atom. The van der Waals surface area contributed by atoms with Crippen LogP contribution < -0.4 is 5.63 Å². The first-order chi connectivity index (χ1) is 14.5. The number of fused-ring (bicyclic) bond motifs is 1. The van der Waals surface area contributed by atoms with Gasteiger partial charge in [-0.2, -0.15) is 0 Å². The van der Waals surface area contributed by atoms with Crippen LogP contribution in [-0.2, 0) is 5.75 Å². The van der Waals surface area contributed by atoms with Crippen molar-refractivity contribution in [1.82, 2.24) is 14.8 Å². The fraction of sp³-hybridized carbons (Fsp3) is 0.227. The highest BCUT2D eigenvalue weighted by Gasteiger charge is 2.31. The summed E-state index contributed by atoms with van der Waals surface area (Å²) in [5.41, 5.74) is 1.66. The molecule has 1 aliphatic rings. The van der Waals surface area contributed by atoms with Crippen molar-refractivity contribution < 1.29 is 13.9 Å². The van der Waals surface area contributed by atoms with Crippen LogP contribution in [-0.4, -0.2) is 19.9 Å². The molecule has 0 amide bonds. The lowest BCUT2D eigenvalue weighted by molar-refractivity contribution is 0.468. The van der Waals surface area contributed by atoms with Crippen LogP contribution in [0.3, 0.4) is 0 Å². The molecule has 1 fully saturated rings. The zero-order chi connectivity index (χ0) is 20.8. The third kappa shape index (κ3) is 3.27. The van der Waals surface area contributed by atoms with Crippen LogP contribution >= 0.6 is 11.8 Å². The summed E-state index contributed by atoms with van der Waals surface area (Å²) in [5, 5.41) is 20.0. The zero-order valence-corrected chi connectivity index (χ0v) is 16.9. The summed E-state index contributed by atoms with van der Waals surface area (Å²) in [6.45, 7) is 1.71. The number of phenols is 1. The molecule has 2 aromatic heterocycles. The molecule has 0 unspecified atom stereocenters. The van der Waals surface area contributed by atoms with Crippen LogP contribution in [0, 0.1) is 12.7 Å². The molecule has 0 saturated heterocycles. The minimum absolute atomic E-state index is 0.0819. The Labute approximate surface area is 175 Å². The summed E-state index contributed by atoms with van der Waals surface area (Å²) in [4.78, 5) is 12.1. The van der Waals surface area contributed by atoms with Gasteiger partial charge in [0.25, 0.3) is 0 Å². The number of rotatable bonds is 5. The quantitative estimate of drug-likeness (QED) is 0.366. The van der Waals surface area contributed by atoms with E-state index in [4.69, 9.17) is 4.42 Å². The van der Waals surface area contributed by atoms with Gasteiger partial charge >= 0.3 is 5.63 Å². The van der Waals surface area contributed by atoms with Gasteiger partial charge in [-0.25, -0.2) is 9.18 Å². The number of halogens is 1. The monoisotopic (exact) mass is 423 g/mol. The molecule has 8 heteroatoms. The van der Waals surface area contributed by atoms with Gasteiger partial charge in [0.2, 0.25) is 0 Å². The number of thioether (sulfide) groups is 1. The van der Waals surface area contributed by atoms with Crippen molar-refractivity contribution in [2.24, 2.45) is 0 Å². The number of phenolic OH excluding ortho intramolecular Hbond substituents is 1. The van der Waals surface area contributed by atoms with Crippen LogP contribution in [0.25, 0.3) is 22.4 Å². The Morgan fingerprint density at radius 3 is 2.80 bits per heavy atom. The van der Waals surface area contributed by atoms with E-state index in [0.29, 0.717) is 33.4 Å². The molecule has 5 rings (SSSR count). The van der Waals surface area contributed by atoms with E-state index in [1.807, 2.05) is 4.57 Å². The SMILES string of the molecule is Cc1c(O)ccc2c(CSc3nnc(-c4ccccc4F)n3C3CC3)cc(=O)oc12. The summed E-state index contributed by atoms with van der Waals surface area (Å²) in [7, 11) is 0. The second-order valence-corrected chi connectivity index (χ2v) is 8.30. The maximum Gasteiger partial charge on any atom is 0.336 e. The Bertz CT molecular complexity index is 1330. The van der Waals surface area contributed by atoms with Crippen molar-refractivity contribution in [3.05, 3.63) is 69.8 Å². The van der Waals surface area contributed by atoms with E-state index < -0.39 is 5.63 Å². The van der Waals surface area contributed by atoms with Gasteiger partial charge in [-0.15, -0.1) is 10.2 Å². The predicted molar refractivity (Wildman–Crippen MR) is 112 cm³/mol. The third-order valence-corrected chi connectivity index (χ3v) is 6.26. The number of nitrogens with zero attached hydrogens (tertiary/aromatic N) is 3. The first kappa shape index (κ1) is 18.9. The molecule has 1 N–H and O–H groups in total. The minimum Gasteiger partial charge on any atom is -0.508 e. The number of aromatic nitrogens is 3. The van der Waals surface area contributed by atoms with E-state index in [9.17, 15) is 14.3 Å². The molecule has 0 atom stereocenters. The smallest absolute Gasteiger partial charge is 0.336 e. The fourth-order valence-corrected chi connectivity index (χ4v) is 4.54. The first-order valence-electron chi connectivity index (χ1n) is 9.61. The molecular weight excluding hydrogens is 405 g/mol. The molecule has 152 valence electrons. The third-order valence-electron chi connectivity index (χ3n) is 5.27. The number of hydrogen-bond acceptors (Lipinski definition) is 6. The average molecular weight is 423 g/mol. The van der Waals surface area contributed by atoms with E-state index in [1.165, 1.54) is 23.9 Å². The van der Waals surface area contributed by atoms with Crippen LogP contribution in [0.1, 0.15) is 30.0 Å². The van der Waals surface area contributed by atoms with E-state index >= 15 is 0 Å². The highest BCUT2D eigenvalue weighted by Crippen LogP contribution is 2.42. The Hall–Kier alpha value is -3.13. The summed E-state index contributed by atoms with van der Waals surface area (Å²) in [6, 6.07) is 11.6. The maximum absolute atomic E-state index is 14.3. The average Bonchev–Trinajstić information content (AvgIpc) is 3.49. The van der Waals surface area contributed by atoms with Crippen molar-refractivity contribution in [3.63, 3.8) is 0 Å². The first-order valence-corrected chi connectivity index (χ1v) is 10.6. The van der Waals surface area contributed by atoms with E-state index in [0.717, 1.165) is 23.8 Å². The molecule has 2 aromatic carbocycles. The van der Waals surface area contributed by atoms with Gasteiger partial charge in [-0.05, 0) is 49.6 Å².